The van der Waals surface area contributed by atoms with Crippen LogP contribution in [0.5, 0.6) is 0 Å². The SMILES string of the molecule is CCNC(=NCc1cccc(CS(=O)(=O)NC)c1)NCC1(C)CCCO1. The van der Waals surface area contributed by atoms with E-state index in [1.807, 2.05) is 31.2 Å². The predicted octanol–water partition coefficient (Wildman–Crippen LogP) is 1.36. The molecule has 0 radical (unpaired) electrons. The minimum Gasteiger partial charge on any atom is -0.373 e. The molecule has 7 nitrogen and oxygen atoms in total. The fraction of sp³-hybridized carbons (Fsp3) is 0.611. The van der Waals surface area contributed by atoms with E-state index < -0.39 is 10.0 Å². The Kier molecular flexibility index (Phi) is 7.43. The molecule has 26 heavy (non-hydrogen) atoms. The number of hydrogen-bond donors (Lipinski definition) is 3. The lowest BCUT2D eigenvalue weighted by Gasteiger charge is -2.24. The fourth-order valence-electron chi connectivity index (χ4n) is 2.87. The molecule has 0 bridgehead atoms. The van der Waals surface area contributed by atoms with Gasteiger partial charge in [-0.2, -0.15) is 0 Å². The van der Waals surface area contributed by atoms with Gasteiger partial charge in [0.25, 0.3) is 0 Å². The van der Waals surface area contributed by atoms with Crippen molar-refractivity contribution in [2.75, 3.05) is 26.7 Å². The highest BCUT2D eigenvalue weighted by Crippen LogP contribution is 2.23. The number of nitrogens with zero attached hydrogens (tertiary/aromatic N) is 1. The Morgan fingerprint density at radius 1 is 1.31 bits per heavy atom. The van der Waals surface area contributed by atoms with Gasteiger partial charge in [0.05, 0.1) is 17.9 Å². The van der Waals surface area contributed by atoms with Crippen molar-refractivity contribution < 1.29 is 13.2 Å². The van der Waals surface area contributed by atoms with Crippen LogP contribution in [0.2, 0.25) is 0 Å². The molecule has 1 aliphatic rings. The highest BCUT2D eigenvalue weighted by Gasteiger charge is 2.29. The maximum Gasteiger partial charge on any atom is 0.215 e. The lowest BCUT2D eigenvalue weighted by atomic mass is 10.0. The molecule has 1 unspecified atom stereocenters. The van der Waals surface area contributed by atoms with E-state index in [1.54, 1.807) is 0 Å². The van der Waals surface area contributed by atoms with E-state index in [1.165, 1.54) is 7.05 Å². The Balaban J connectivity index is 1.99. The molecule has 1 saturated heterocycles. The summed E-state index contributed by atoms with van der Waals surface area (Å²) in [6.07, 6.45) is 2.13. The number of hydrogen-bond acceptors (Lipinski definition) is 4. The molecule has 1 aliphatic heterocycles. The summed E-state index contributed by atoms with van der Waals surface area (Å²) in [5, 5.41) is 6.58. The van der Waals surface area contributed by atoms with Crippen LogP contribution in [-0.2, 0) is 27.1 Å². The average Bonchev–Trinajstić information content (AvgIpc) is 3.04. The van der Waals surface area contributed by atoms with Crippen LogP contribution in [0.1, 0.15) is 37.8 Å². The largest absolute Gasteiger partial charge is 0.373 e. The van der Waals surface area contributed by atoms with Gasteiger partial charge in [-0.25, -0.2) is 18.1 Å². The van der Waals surface area contributed by atoms with Gasteiger partial charge in [-0.15, -0.1) is 0 Å². The van der Waals surface area contributed by atoms with Crippen LogP contribution in [-0.4, -0.2) is 46.7 Å². The van der Waals surface area contributed by atoms with Crippen molar-refractivity contribution >= 4 is 16.0 Å². The molecule has 1 heterocycles. The monoisotopic (exact) mass is 382 g/mol. The quantitative estimate of drug-likeness (QED) is 0.466. The predicted molar refractivity (Wildman–Crippen MR) is 105 cm³/mol. The molecular formula is C18H30N4O3S. The molecule has 0 aliphatic carbocycles. The maximum atomic E-state index is 11.7. The smallest absolute Gasteiger partial charge is 0.215 e. The number of rotatable bonds is 8. The second-order valence-corrected chi connectivity index (χ2v) is 8.66. The van der Waals surface area contributed by atoms with Crippen molar-refractivity contribution in [3.63, 3.8) is 0 Å². The first-order chi connectivity index (χ1) is 12.4. The molecular weight excluding hydrogens is 352 g/mol. The number of benzene rings is 1. The zero-order valence-electron chi connectivity index (χ0n) is 15.8. The Labute approximate surface area is 156 Å². The lowest BCUT2D eigenvalue weighted by Crippen LogP contribution is -2.45. The van der Waals surface area contributed by atoms with E-state index in [-0.39, 0.29) is 11.4 Å². The van der Waals surface area contributed by atoms with Gasteiger partial charge in [0.2, 0.25) is 10.0 Å². The van der Waals surface area contributed by atoms with Gasteiger partial charge >= 0.3 is 0 Å². The number of nitrogens with one attached hydrogen (secondary N) is 3. The molecule has 1 fully saturated rings. The van der Waals surface area contributed by atoms with Crippen LogP contribution in [0, 0.1) is 0 Å². The Hall–Kier alpha value is -1.64. The van der Waals surface area contributed by atoms with Gasteiger partial charge < -0.3 is 15.4 Å². The average molecular weight is 383 g/mol. The Bertz CT molecular complexity index is 713. The molecule has 8 heteroatoms. The van der Waals surface area contributed by atoms with E-state index in [4.69, 9.17) is 4.74 Å². The third-order valence-electron chi connectivity index (χ3n) is 4.35. The van der Waals surface area contributed by atoms with Crippen LogP contribution in [0.25, 0.3) is 0 Å². The molecule has 2 rings (SSSR count). The van der Waals surface area contributed by atoms with Crippen molar-refractivity contribution in [3.05, 3.63) is 35.4 Å². The van der Waals surface area contributed by atoms with Crippen molar-refractivity contribution in [3.8, 4) is 0 Å². The summed E-state index contributed by atoms with van der Waals surface area (Å²) in [5.41, 5.74) is 1.57. The summed E-state index contributed by atoms with van der Waals surface area (Å²) in [7, 11) is -1.86. The first-order valence-corrected chi connectivity index (χ1v) is 10.7. The summed E-state index contributed by atoms with van der Waals surface area (Å²) in [4.78, 5) is 4.61. The summed E-state index contributed by atoms with van der Waals surface area (Å²) >= 11 is 0. The van der Waals surface area contributed by atoms with Gasteiger partial charge in [0.15, 0.2) is 5.96 Å². The van der Waals surface area contributed by atoms with Gasteiger partial charge in [0.1, 0.15) is 0 Å². The second kappa shape index (κ2) is 9.34. The number of guanidine groups is 1. The summed E-state index contributed by atoms with van der Waals surface area (Å²) in [5.74, 6) is 0.701. The van der Waals surface area contributed by atoms with E-state index in [9.17, 15) is 8.42 Å². The van der Waals surface area contributed by atoms with Gasteiger partial charge in [-0.1, -0.05) is 24.3 Å². The summed E-state index contributed by atoms with van der Waals surface area (Å²) in [6, 6.07) is 7.50. The highest BCUT2D eigenvalue weighted by molar-refractivity contribution is 7.88. The zero-order chi connectivity index (χ0) is 19.0. The second-order valence-electron chi connectivity index (χ2n) is 6.73. The van der Waals surface area contributed by atoms with Crippen LogP contribution in [0.15, 0.2) is 29.3 Å². The van der Waals surface area contributed by atoms with Crippen LogP contribution >= 0.6 is 0 Å². The Morgan fingerprint density at radius 2 is 2.08 bits per heavy atom. The minimum atomic E-state index is -3.28. The number of aliphatic imine (C=N–C) groups is 1. The van der Waals surface area contributed by atoms with Gasteiger partial charge in [-0.05, 0) is 44.9 Å². The zero-order valence-corrected chi connectivity index (χ0v) is 16.7. The molecule has 1 aromatic rings. The minimum absolute atomic E-state index is 0.0327. The van der Waals surface area contributed by atoms with Crippen molar-refractivity contribution in [2.24, 2.45) is 4.99 Å². The van der Waals surface area contributed by atoms with E-state index in [2.05, 4.69) is 27.3 Å². The standard InChI is InChI=1S/C18H30N4O3S/c1-4-20-17(22-14-18(2)9-6-10-25-18)21-12-15-7-5-8-16(11-15)13-26(23,24)19-3/h5,7-8,11,19H,4,6,9-10,12-14H2,1-3H3,(H2,20,21,22). The molecule has 0 spiro atoms. The molecule has 0 aromatic heterocycles. The first-order valence-electron chi connectivity index (χ1n) is 9.01. The van der Waals surface area contributed by atoms with Crippen LogP contribution < -0.4 is 15.4 Å². The van der Waals surface area contributed by atoms with E-state index in [0.29, 0.717) is 13.1 Å². The Morgan fingerprint density at radius 3 is 2.73 bits per heavy atom. The molecule has 1 aromatic carbocycles. The maximum absolute atomic E-state index is 11.7. The third-order valence-corrected chi connectivity index (χ3v) is 5.69. The molecule has 1 atom stereocenters. The lowest BCUT2D eigenvalue weighted by molar-refractivity contribution is 0.0243. The molecule has 146 valence electrons. The summed E-state index contributed by atoms with van der Waals surface area (Å²) in [6.45, 7) is 6.90. The topological polar surface area (TPSA) is 91.8 Å². The van der Waals surface area contributed by atoms with Crippen LogP contribution in [0.3, 0.4) is 0 Å². The molecule has 0 amide bonds. The third kappa shape index (κ3) is 6.59. The van der Waals surface area contributed by atoms with Crippen LogP contribution in [0.4, 0.5) is 0 Å². The molecule has 3 N–H and O–H groups in total. The van der Waals surface area contributed by atoms with Crippen molar-refractivity contribution in [1.82, 2.24) is 15.4 Å². The summed E-state index contributed by atoms with van der Waals surface area (Å²) < 4.78 is 31.5. The number of sulfonamides is 1. The van der Waals surface area contributed by atoms with E-state index >= 15 is 0 Å². The molecule has 0 saturated carbocycles. The van der Waals surface area contributed by atoms with Gasteiger partial charge in [-0.3, -0.25) is 0 Å². The highest BCUT2D eigenvalue weighted by atomic mass is 32.2. The normalized spacial score (nSPS) is 21.0. The van der Waals surface area contributed by atoms with E-state index in [0.717, 1.165) is 43.1 Å². The van der Waals surface area contributed by atoms with Gasteiger partial charge in [0, 0.05) is 19.7 Å². The number of ether oxygens (including phenoxy) is 1. The fourth-order valence-corrected chi connectivity index (χ4v) is 3.63. The van der Waals surface area contributed by atoms with Crippen molar-refractivity contribution in [2.45, 2.75) is 44.6 Å². The van der Waals surface area contributed by atoms with Crippen molar-refractivity contribution in [1.29, 1.82) is 0 Å². The first kappa shape index (κ1) is 20.7.